The number of benzene rings is 2. The Kier molecular flexibility index (Phi) is 4.58. The van der Waals surface area contributed by atoms with Gasteiger partial charge in [0.25, 0.3) is 0 Å². The van der Waals surface area contributed by atoms with E-state index in [1.807, 2.05) is 31.2 Å². The number of carboxylic acid groups (broad SMARTS) is 1. The molecule has 0 bridgehead atoms. The monoisotopic (exact) mass is 288 g/mol. The van der Waals surface area contributed by atoms with Gasteiger partial charge < -0.3 is 9.84 Å². The summed E-state index contributed by atoms with van der Waals surface area (Å²) in [5.41, 5.74) is 2.08. The number of aliphatic carboxylic acids is 1. The lowest BCUT2D eigenvalue weighted by Crippen LogP contribution is -2.02. The highest BCUT2D eigenvalue weighted by molar-refractivity contribution is 5.69. The fourth-order valence-corrected chi connectivity index (χ4v) is 2.25. The topological polar surface area (TPSA) is 46.5 Å². The fourth-order valence-electron chi connectivity index (χ4n) is 2.25. The van der Waals surface area contributed by atoms with E-state index in [1.165, 1.54) is 13.2 Å². The van der Waals surface area contributed by atoms with Crippen LogP contribution in [0.4, 0.5) is 4.39 Å². The van der Waals surface area contributed by atoms with Gasteiger partial charge in [-0.2, -0.15) is 0 Å². The predicted molar refractivity (Wildman–Crippen MR) is 79.1 cm³/mol. The molecule has 0 spiro atoms. The molecule has 0 saturated carbocycles. The SMILES string of the molecule is COc1ccc(-c2cccc(C(C)CC(=O)O)c2)c(F)c1. The van der Waals surface area contributed by atoms with E-state index in [1.54, 1.807) is 12.1 Å². The van der Waals surface area contributed by atoms with E-state index in [-0.39, 0.29) is 18.2 Å². The molecule has 2 aromatic rings. The number of methoxy groups -OCH3 is 1. The highest BCUT2D eigenvalue weighted by Crippen LogP contribution is 2.29. The van der Waals surface area contributed by atoms with Gasteiger partial charge >= 0.3 is 5.97 Å². The van der Waals surface area contributed by atoms with Gasteiger partial charge in [0.05, 0.1) is 13.5 Å². The van der Waals surface area contributed by atoms with Crippen LogP contribution >= 0.6 is 0 Å². The second kappa shape index (κ2) is 6.39. The Bertz CT molecular complexity index is 652. The van der Waals surface area contributed by atoms with Crippen LogP contribution in [0.2, 0.25) is 0 Å². The summed E-state index contributed by atoms with van der Waals surface area (Å²) in [7, 11) is 1.49. The van der Waals surface area contributed by atoms with Gasteiger partial charge in [-0.15, -0.1) is 0 Å². The number of carboxylic acids is 1. The molecule has 0 fully saturated rings. The van der Waals surface area contributed by atoms with Crippen molar-refractivity contribution in [2.24, 2.45) is 0 Å². The largest absolute Gasteiger partial charge is 0.497 e. The summed E-state index contributed by atoms with van der Waals surface area (Å²) in [4.78, 5) is 10.8. The summed E-state index contributed by atoms with van der Waals surface area (Å²) < 4.78 is 19.1. The summed E-state index contributed by atoms with van der Waals surface area (Å²) in [6.45, 7) is 1.84. The van der Waals surface area contributed by atoms with Crippen molar-refractivity contribution >= 4 is 5.97 Å². The first-order valence-electron chi connectivity index (χ1n) is 6.67. The van der Waals surface area contributed by atoms with Crippen LogP contribution in [0.1, 0.15) is 24.8 Å². The van der Waals surface area contributed by atoms with Crippen LogP contribution in [0.15, 0.2) is 42.5 Å². The molecule has 0 amide bonds. The van der Waals surface area contributed by atoms with E-state index in [4.69, 9.17) is 9.84 Å². The van der Waals surface area contributed by atoms with E-state index >= 15 is 0 Å². The Morgan fingerprint density at radius 3 is 2.67 bits per heavy atom. The summed E-state index contributed by atoms with van der Waals surface area (Å²) in [6.07, 6.45) is 0.0501. The number of halogens is 1. The van der Waals surface area contributed by atoms with Gasteiger partial charge in [0.2, 0.25) is 0 Å². The smallest absolute Gasteiger partial charge is 0.303 e. The van der Waals surface area contributed by atoms with Gasteiger partial charge in [-0.1, -0.05) is 31.2 Å². The van der Waals surface area contributed by atoms with Crippen LogP contribution in [0, 0.1) is 5.82 Å². The molecule has 2 aromatic carbocycles. The average molecular weight is 288 g/mol. The van der Waals surface area contributed by atoms with Gasteiger partial charge in [0.15, 0.2) is 0 Å². The number of ether oxygens (including phenoxy) is 1. The first-order valence-corrected chi connectivity index (χ1v) is 6.67. The highest BCUT2D eigenvalue weighted by Gasteiger charge is 2.12. The Morgan fingerprint density at radius 1 is 1.29 bits per heavy atom. The van der Waals surface area contributed by atoms with Crippen LogP contribution in [-0.4, -0.2) is 18.2 Å². The van der Waals surface area contributed by atoms with Crippen molar-refractivity contribution in [3.63, 3.8) is 0 Å². The Balaban J connectivity index is 2.35. The number of hydrogen-bond donors (Lipinski definition) is 1. The van der Waals surface area contributed by atoms with E-state index < -0.39 is 5.97 Å². The minimum absolute atomic E-state index is 0.0501. The molecular weight excluding hydrogens is 271 g/mol. The fraction of sp³-hybridized carbons (Fsp3) is 0.235. The van der Waals surface area contributed by atoms with Crippen LogP contribution in [-0.2, 0) is 4.79 Å². The van der Waals surface area contributed by atoms with Crippen LogP contribution in [0.3, 0.4) is 0 Å². The number of rotatable bonds is 5. The maximum Gasteiger partial charge on any atom is 0.303 e. The molecule has 4 heteroatoms. The van der Waals surface area contributed by atoms with Crippen molar-refractivity contribution < 1.29 is 19.0 Å². The van der Waals surface area contributed by atoms with Crippen molar-refractivity contribution in [2.45, 2.75) is 19.3 Å². The molecule has 0 saturated heterocycles. The molecule has 0 radical (unpaired) electrons. The van der Waals surface area contributed by atoms with Crippen molar-refractivity contribution in [1.29, 1.82) is 0 Å². The van der Waals surface area contributed by atoms with Crippen LogP contribution < -0.4 is 4.74 Å². The summed E-state index contributed by atoms with van der Waals surface area (Å²) in [5, 5.41) is 8.86. The Labute approximate surface area is 123 Å². The minimum atomic E-state index is -0.844. The summed E-state index contributed by atoms with van der Waals surface area (Å²) >= 11 is 0. The zero-order valence-electron chi connectivity index (χ0n) is 12.0. The second-order valence-corrected chi connectivity index (χ2v) is 4.97. The standard InChI is InChI=1S/C17H17FO3/c1-11(8-17(19)20)12-4-3-5-13(9-12)15-7-6-14(21-2)10-16(15)18/h3-7,9-11H,8H2,1-2H3,(H,19,20). The molecule has 0 aromatic heterocycles. The van der Waals surface area contributed by atoms with E-state index in [9.17, 15) is 9.18 Å². The molecule has 0 aliphatic heterocycles. The normalized spacial score (nSPS) is 12.0. The third-order valence-electron chi connectivity index (χ3n) is 3.42. The maximum absolute atomic E-state index is 14.1. The van der Waals surface area contributed by atoms with E-state index in [0.29, 0.717) is 11.3 Å². The molecule has 1 N–H and O–H groups in total. The molecule has 0 aliphatic carbocycles. The lowest BCUT2D eigenvalue weighted by molar-refractivity contribution is -0.137. The first-order chi connectivity index (χ1) is 10.0. The maximum atomic E-state index is 14.1. The molecular formula is C17H17FO3. The van der Waals surface area contributed by atoms with Crippen LogP contribution in [0.25, 0.3) is 11.1 Å². The van der Waals surface area contributed by atoms with Crippen molar-refractivity contribution in [3.05, 3.63) is 53.8 Å². The number of carbonyl (C=O) groups is 1. The third kappa shape index (κ3) is 3.60. The molecule has 1 atom stereocenters. The second-order valence-electron chi connectivity index (χ2n) is 4.97. The van der Waals surface area contributed by atoms with Crippen molar-refractivity contribution in [2.75, 3.05) is 7.11 Å². The van der Waals surface area contributed by atoms with Gasteiger partial charge in [-0.3, -0.25) is 4.79 Å². The minimum Gasteiger partial charge on any atom is -0.497 e. The first kappa shape index (κ1) is 15.0. The zero-order valence-corrected chi connectivity index (χ0v) is 12.0. The van der Waals surface area contributed by atoms with Gasteiger partial charge in [0.1, 0.15) is 11.6 Å². The molecule has 2 rings (SSSR count). The molecule has 3 nitrogen and oxygen atoms in total. The van der Waals surface area contributed by atoms with Crippen molar-refractivity contribution in [3.8, 4) is 16.9 Å². The lowest BCUT2D eigenvalue weighted by Gasteiger charge is -2.12. The predicted octanol–water partition coefficient (Wildman–Crippen LogP) is 4.08. The molecule has 21 heavy (non-hydrogen) atoms. The van der Waals surface area contributed by atoms with Crippen molar-refractivity contribution in [1.82, 2.24) is 0 Å². The molecule has 0 heterocycles. The summed E-state index contributed by atoms with van der Waals surface area (Å²) in [6, 6.07) is 12.0. The lowest BCUT2D eigenvalue weighted by atomic mass is 9.94. The average Bonchev–Trinajstić information content (AvgIpc) is 2.46. The van der Waals surface area contributed by atoms with E-state index in [2.05, 4.69) is 0 Å². The summed E-state index contributed by atoms with van der Waals surface area (Å²) in [5.74, 6) is -0.865. The van der Waals surface area contributed by atoms with Gasteiger partial charge in [-0.25, -0.2) is 4.39 Å². The number of hydrogen-bond acceptors (Lipinski definition) is 2. The van der Waals surface area contributed by atoms with E-state index in [0.717, 1.165) is 11.1 Å². The quantitative estimate of drug-likeness (QED) is 0.901. The molecule has 1 unspecified atom stereocenters. The van der Waals surface area contributed by atoms with Crippen LogP contribution in [0.5, 0.6) is 5.75 Å². The molecule has 110 valence electrons. The molecule has 0 aliphatic rings. The zero-order chi connectivity index (χ0) is 15.4. The Hall–Kier alpha value is -2.36. The third-order valence-corrected chi connectivity index (χ3v) is 3.42. The van der Waals surface area contributed by atoms with Gasteiger partial charge in [-0.05, 0) is 29.2 Å². The van der Waals surface area contributed by atoms with Gasteiger partial charge in [0, 0.05) is 11.6 Å². The highest BCUT2D eigenvalue weighted by atomic mass is 19.1. The Morgan fingerprint density at radius 2 is 2.05 bits per heavy atom.